The van der Waals surface area contributed by atoms with Crippen molar-refractivity contribution in [2.75, 3.05) is 11.9 Å². The first-order valence-electron chi connectivity index (χ1n) is 11.9. The Morgan fingerprint density at radius 1 is 1.00 bits per heavy atom. The van der Waals surface area contributed by atoms with Gasteiger partial charge in [-0.3, -0.25) is 4.79 Å². The van der Waals surface area contributed by atoms with Gasteiger partial charge in [-0.05, 0) is 64.4 Å². The first kappa shape index (κ1) is 25.4. The summed E-state index contributed by atoms with van der Waals surface area (Å²) in [5.41, 5.74) is 1.26. The van der Waals surface area contributed by atoms with E-state index in [0.29, 0.717) is 22.6 Å². The number of alkyl halides is 2. The Hall–Kier alpha value is -4.21. The number of aromatic nitrogens is 1. The van der Waals surface area contributed by atoms with Crippen LogP contribution in [0.4, 0.5) is 14.6 Å². The van der Waals surface area contributed by atoms with Crippen molar-refractivity contribution < 1.29 is 37.3 Å². The maximum absolute atomic E-state index is 13.5. The maximum atomic E-state index is 13.5. The van der Waals surface area contributed by atoms with Gasteiger partial charge in [0.2, 0.25) is 5.91 Å². The highest BCUT2D eigenvalue weighted by Crippen LogP contribution is 2.50. The maximum Gasteiger partial charge on any atom is 0.586 e. The molecule has 2 aromatic carbocycles. The number of nitrogens with one attached hydrogen (secondary N) is 1. The number of halogens is 2. The molecule has 0 unspecified atom stereocenters. The van der Waals surface area contributed by atoms with Gasteiger partial charge in [-0.15, -0.1) is 8.78 Å². The second kappa shape index (κ2) is 8.68. The molecule has 8 nitrogen and oxygen atoms in total. The molecule has 0 saturated carbocycles. The molecule has 1 amide bonds. The van der Waals surface area contributed by atoms with Gasteiger partial charge < -0.3 is 24.3 Å². The quantitative estimate of drug-likeness (QED) is 0.443. The minimum Gasteiger partial charge on any atom is -0.492 e. The third-order valence-electron chi connectivity index (χ3n) is 6.25. The average molecular weight is 525 g/mol. The van der Waals surface area contributed by atoms with Crippen molar-refractivity contribution in [3.63, 3.8) is 0 Å². The molecule has 38 heavy (non-hydrogen) atoms. The van der Waals surface area contributed by atoms with Crippen molar-refractivity contribution in [3.8, 4) is 28.5 Å². The lowest BCUT2D eigenvalue weighted by Gasteiger charge is -2.22. The number of esters is 1. The Morgan fingerprint density at radius 3 is 2.32 bits per heavy atom. The van der Waals surface area contributed by atoms with Crippen molar-refractivity contribution in [2.45, 2.75) is 51.9 Å². The van der Waals surface area contributed by atoms with E-state index in [1.54, 1.807) is 58.0 Å². The molecule has 10 heteroatoms. The highest BCUT2D eigenvalue weighted by atomic mass is 19.3. The van der Waals surface area contributed by atoms with Gasteiger partial charge in [-0.1, -0.05) is 18.2 Å². The third-order valence-corrected chi connectivity index (χ3v) is 6.25. The first-order chi connectivity index (χ1) is 17.7. The fourth-order valence-electron chi connectivity index (χ4n) is 4.26. The molecule has 0 saturated heterocycles. The van der Waals surface area contributed by atoms with Gasteiger partial charge in [0.25, 0.3) is 0 Å². The van der Waals surface area contributed by atoms with Gasteiger partial charge in [0.15, 0.2) is 11.5 Å². The zero-order valence-electron chi connectivity index (χ0n) is 21.5. The average Bonchev–Trinajstić information content (AvgIpc) is 3.32. The van der Waals surface area contributed by atoms with Crippen LogP contribution in [0.3, 0.4) is 0 Å². The lowest BCUT2D eigenvalue weighted by Crippen LogP contribution is -2.39. The molecule has 0 radical (unpaired) electrons. The predicted molar refractivity (Wildman–Crippen MR) is 134 cm³/mol. The normalized spacial score (nSPS) is 18.9. The van der Waals surface area contributed by atoms with Crippen molar-refractivity contribution in [1.82, 2.24) is 4.98 Å². The SMILES string of the molecule is Cc1ccc(NC(=O)[C@@]2(C)COc3cc4c(cc32)OC(F)(F)O4)nc1-c1ccc(C(=O)OC(C)(C)C)cc1. The molecule has 2 aliphatic heterocycles. The van der Waals surface area contributed by atoms with Gasteiger partial charge in [0, 0.05) is 17.2 Å². The number of anilines is 1. The van der Waals surface area contributed by atoms with Crippen LogP contribution in [0, 0.1) is 6.92 Å². The van der Waals surface area contributed by atoms with Crippen LogP contribution in [0.15, 0.2) is 48.5 Å². The highest BCUT2D eigenvalue weighted by molar-refractivity contribution is 6.00. The van der Waals surface area contributed by atoms with Crippen molar-refractivity contribution in [3.05, 3.63) is 65.2 Å². The summed E-state index contributed by atoms with van der Waals surface area (Å²) in [5.74, 6) is -0.596. The molecule has 0 spiro atoms. The zero-order chi connectivity index (χ0) is 27.5. The molecule has 1 aromatic heterocycles. The van der Waals surface area contributed by atoms with Gasteiger partial charge in [0.05, 0.1) is 11.3 Å². The van der Waals surface area contributed by atoms with E-state index in [2.05, 4.69) is 19.8 Å². The minimum absolute atomic E-state index is 0.00169. The van der Waals surface area contributed by atoms with E-state index in [9.17, 15) is 18.4 Å². The van der Waals surface area contributed by atoms with Crippen LogP contribution in [0.2, 0.25) is 0 Å². The Morgan fingerprint density at radius 2 is 1.66 bits per heavy atom. The molecular weight excluding hydrogens is 498 g/mol. The van der Waals surface area contributed by atoms with E-state index in [1.807, 2.05) is 13.0 Å². The summed E-state index contributed by atoms with van der Waals surface area (Å²) in [6.45, 7) is 8.94. The Labute approximate surface area is 217 Å². The standard InChI is InChI=1S/C28H26F2N2O6/c1-15-6-11-22(31-23(15)16-7-9-17(10-8-16)24(33)38-26(2,3)4)32-25(34)27(5)14-35-19-13-21-20(12-18(19)27)36-28(29,30)37-21/h6-13H,14H2,1-5H3,(H,31,32,34)/t27-/m0/s1. The number of carbonyl (C=O) groups is 2. The van der Waals surface area contributed by atoms with Gasteiger partial charge >= 0.3 is 12.3 Å². The molecule has 0 fully saturated rings. The molecule has 198 valence electrons. The summed E-state index contributed by atoms with van der Waals surface area (Å²) in [4.78, 5) is 30.4. The van der Waals surface area contributed by atoms with Crippen LogP contribution >= 0.6 is 0 Å². The minimum atomic E-state index is -3.77. The molecule has 1 atom stereocenters. The summed E-state index contributed by atoms with van der Waals surface area (Å²) in [7, 11) is 0. The van der Waals surface area contributed by atoms with Crippen LogP contribution in [0.25, 0.3) is 11.3 Å². The van der Waals surface area contributed by atoms with Crippen molar-refractivity contribution >= 4 is 17.7 Å². The number of benzene rings is 2. The third kappa shape index (κ3) is 4.73. The van der Waals surface area contributed by atoms with Gasteiger partial charge in [0.1, 0.15) is 29.2 Å². The van der Waals surface area contributed by atoms with Gasteiger partial charge in [-0.25, -0.2) is 9.78 Å². The van der Waals surface area contributed by atoms with Crippen molar-refractivity contribution in [1.29, 1.82) is 0 Å². The number of amides is 1. The summed E-state index contributed by atoms with van der Waals surface area (Å²) in [6.07, 6.45) is -3.77. The lowest BCUT2D eigenvalue weighted by molar-refractivity contribution is -0.286. The monoisotopic (exact) mass is 524 g/mol. The van der Waals surface area contributed by atoms with Crippen LogP contribution in [0.5, 0.6) is 17.2 Å². The number of ether oxygens (including phenoxy) is 4. The molecule has 0 aliphatic carbocycles. The van der Waals surface area contributed by atoms with E-state index < -0.39 is 29.2 Å². The fraction of sp³-hybridized carbons (Fsp3) is 0.321. The number of rotatable bonds is 4. The number of hydrogen-bond donors (Lipinski definition) is 1. The summed E-state index contributed by atoms with van der Waals surface area (Å²) < 4.78 is 47.1. The van der Waals surface area contributed by atoms with Crippen LogP contribution < -0.4 is 19.5 Å². The predicted octanol–water partition coefficient (Wildman–Crippen LogP) is 5.62. The van der Waals surface area contributed by atoms with E-state index in [4.69, 9.17) is 9.47 Å². The smallest absolute Gasteiger partial charge is 0.492 e. The molecule has 1 N–H and O–H groups in total. The number of aryl methyl sites for hydroxylation is 1. The summed E-state index contributed by atoms with van der Waals surface area (Å²) in [5, 5.41) is 2.82. The summed E-state index contributed by atoms with van der Waals surface area (Å²) >= 11 is 0. The van der Waals surface area contributed by atoms with Crippen LogP contribution in [-0.2, 0) is 14.9 Å². The van der Waals surface area contributed by atoms with Gasteiger partial charge in [-0.2, -0.15) is 0 Å². The van der Waals surface area contributed by atoms with Crippen LogP contribution in [-0.4, -0.2) is 35.4 Å². The second-order valence-corrected chi connectivity index (χ2v) is 10.5. The van der Waals surface area contributed by atoms with E-state index in [-0.39, 0.29) is 23.9 Å². The molecule has 3 heterocycles. The molecule has 5 rings (SSSR count). The molecule has 3 aromatic rings. The second-order valence-electron chi connectivity index (χ2n) is 10.5. The highest BCUT2D eigenvalue weighted by Gasteiger charge is 2.49. The lowest BCUT2D eigenvalue weighted by atomic mass is 9.83. The largest absolute Gasteiger partial charge is 0.586 e. The van der Waals surface area contributed by atoms with Crippen molar-refractivity contribution in [2.24, 2.45) is 0 Å². The summed E-state index contributed by atoms with van der Waals surface area (Å²) in [6, 6.07) is 13.0. The molecular formula is C28H26F2N2O6. The fourth-order valence-corrected chi connectivity index (χ4v) is 4.26. The van der Waals surface area contributed by atoms with E-state index >= 15 is 0 Å². The number of pyridine rings is 1. The Balaban J connectivity index is 1.37. The number of hydrogen-bond acceptors (Lipinski definition) is 7. The Kier molecular flexibility index (Phi) is 5.81. The van der Waals surface area contributed by atoms with E-state index in [0.717, 1.165) is 11.1 Å². The van der Waals surface area contributed by atoms with Crippen LogP contribution in [0.1, 0.15) is 49.2 Å². The number of fused-ring (bicyclic) bond motifs is 2. The topological polar surface area (TPSA) is 96.0 Å². The first-order valence-corrected chi connectivity index (χ1v) is 11.9. The zero-order valence-corrected chi connectivity index (χ0v) is 21.5. The molecule has 2 aliphatic rings. The number of carbonyl (C=O) groups excluding carboxylic acids is 2. The Bertz CT molecular complexity index is 1450. The number of nitrogens with zero attached hydrogens (tertiary/aromatic N) is 1. The molecule has 0 bridgehead atoms. The van der Waals surface area contributed by atoms with E-state index in [1.165, 1.54) is 12.1 Å².